The van der Waals surface area contributed by atoms with Gasteiger partial charge in [0.1, 0.15) is 5.03 Å². The Balaban J connectivity index is 0.000000782. The van der Waals surface area contributed by atoms with E-state index in [0.29, 0.717) is 17.1 Å². The Labute approximate surface area is 403 Å². The van der Waals surface area contributed by atoms with E-state index in [1.54, 1.807) is 96.6 Å². The molecular weight excluding hydrogens is 935 g/mol. The van der Waals surface area contributed by atoms with Crippen molar-refractivity contribution < 1.29 is 38.2 Å². The number of Topliss-reactive ketones (excluding diaryl/α,β-unsaturated/α-hetero) is 1. The minimum absolute atomic E-state index is 0.00710. The van der Waals surface area contributed by atoms with Gasteiger partial charge in [-0.2, -0.15) is 12.6 Å². The maximum atomic E-state index is 11.7. The SMILES string of the molecule is C=CN=C(C)SCSc1ccccn1.CC(=O)c1ccccc1.COC(=O)C(C)CS.COC(=O)C(C)CSSC(=O)c1ccccc1.COC(=O)C(C)CSSc1ccccn1. The number of esters is 3. The molecule has 0 saturated heterocycles. The fourth-order valence-electron chi connectivity index (χ4n) is 3.67. The van der Waals surface area contributed by atoms with E-state index in [9.17, 15) is 24.0 Å². The number of thioether (sulfide) groups is 2. The summed E-state index contributed by atoms with van der Waals surface area (Å²) < 4.78 is 13.7. The van der Waals surface area contributed by atoms with Crippen LogP contribution in [0, 0.1) is 17.8 Å². The average molecular weight is 992 g/mol. The minimum Gasteiger partial charge on any atom is -0.469 e. The summed E-state index contributed by atoms with van der Waals surface area (Å²) in [6.07, 6.45) is 5.12. The molecule has 0 spiro atoms. The van der Waals surface area contributed by atoms with E-state index < -0.39 is 0 Å². The maximum Gasteiger partial charge on any atom is 0.309 e. The van der Waals surface area contributed by atoms with Crippen molar-refractivity contribution in [1.82, 2.24) is 9.97 Å². The van der Waals surface area contributed by atoms with Crippen molar-refractivity contribution in [2.24, 2.45) is 22.7 Å². The van der Waals surface area contributed by atoms with E-state index >= 15 is 0 Å². The second kappa shape index (κ2) is 38.8. The summed E-state index contributed by atoms with van der Waals surface area (Å²) in [5.41, 5.74) is 1.45. The molecule has 0 fully saturated rings. The summed E-state index contributed by atoms with van der Waals surface area (Å²) in [5.74, 6) is 1.02. The molecular formula is C45H57N3O8S7. The highest BCUT2D eigenvalue weighted by Gasteiger charge is 2.15. The van der Waals surface area contributed by atoms with E-state index in [4.69, 9.17) is 0 Å². The molecule has 0 aliphatic heterocycles. The molecule has 0 saturated carbocycles. The Kier molecular flexibility index (Phi) is 36.5. The number of methoxy groups -OCH3 is 3. The molecule has 0 N–H and O–H groups in total. The number of ketones is 1. The summed E-state index contributed by atoms with van der Waals surface area (Å²) in [6, 6.07) is 30.0. The fourth-order valence-corrected chi connectivity index (χ4v) is 10.1. The largest absolute Gasteiger partial charge is 0.469 e. The van der Waals surface area contributed by atoms with Crippen molar-refractivity contribution in [3.63, 3.8) is 0 Å². The first-order valence-electron chi connectivity index (χ1n) is 19.1. The Bertz CT molecular complexity index is 1900. The molecule has 63 heavy (non-hydrogen) atoms. The van der Waals surface area contributed by atoms with E-state index in [1.807, 2.05) is 98.8 Å². The first-order chi connectivity index (χ1) is 30.2. The second-order valence-electron chi connectivity index (χ2n) is 12.3. The molecule has 11 nitrogen and oxygen atoms in total. The Morgan fingerprint density at radius 2 is 1.13 bits per heavy atom. The monoisotopic (exact) mass is 991 g/mol. The summed E-state index contributed by atoms with van der Waals surface area (Å²) >= 11 is 7.32. The van der Waals surface area contributed by atoms with Crippen molar-refractivity contribution in [2.75, 3.05) is 43.7 Å². The van der Waals surface area contributed by atoms with Crippen LogP contribution in [0.4, 0.5) is 0 Å². The smallest absolute Gasteiger partial charge is 0.309 e. The van der Waals surface area contributed by atoms with Crippen LogP contribution in [0.1, 0.15) is 55.3 Å². The first-order valence-corrected chi connectivity index (χ1v) is 26.3. The third-order valence-electron chi connectivity index (χ3n) is 7.21. The third-order valence-corrected chi connectivity index (χ3v) is 14.6. The van der Waals surface area contributed by atoms with E-state index in [0.717, 1.165) is 42.3 Å². The van der Waals surface area contributed by atoms with E-state index in [2.05, 4.69) is 48.4 Å². The highest BCUT2D eigenvalue weighted by molar-refractivity contribution is 8.82. The van der Waals surface area contributed by atoms with Crippen LogP contribution in [0.25, 0.3) is 0 Å². The molecule has 2 aromatic carbocycles. The zero-order chi connectivity index (χ0) is 47.3. The van der Waals surface area contributed by atoms with Crippen LogP contribution in [0.2, 0.25) is 0 Å². The molecule has 18 heteroatoms. The minimum atomic E-state index is -0.245. The first kappa shape index (κ1) is 59.4. The molecule has 4 aromatic rings. The van der Waals surface area contributed by atoms with Gasteiger partial charge in [0.2, 0.25) is 5.12 Å². The van der Waals surface area contributed by atoms with Crippen molar-refractivity contribution in [3.05, 3.63) is 133 Å². The molecule has 0 amide bonds. The lowest BCUT2D eigenvalue weighted by Gasteiger charge is -2.07. The van der Waals surface area contributed by atoms with Crippen molar-refractivity contribution in [1.29, 1.82) is 0 Å². The number of pyridine rings is 2. The molecule has 0 radical (unpaired) electrons. The zero-order valence-electron chi connectivity index (χ0n) is 36.7. The van der Waals surface area contributed by atoms with Crippen LogP contribution < -0.4 is 0 Å². The number of carbonyl (C=O) groups is 5. The molecule has 2 heterocycles. The molecule has 0 aliphatic carbocycles. The third kappa shape index (κ3) is 31.0. The molecule has 3 unspecified atom stereocenters. The van der Waals surface area contributed by atoms with Crippen LogP contribution in [0.15, 0.2) is 137 Å². The Morgan fingerprint density at radius 3 is 1.54 bits per heavy atom. The van der Waals surface area contributed by atoms with Gasteiger partial charge < -0.3 is 14.2 Å². The van der Waals surface area contributed by atoms with Gasteiger partial charge in [-0.1, -0.05) is 145 Å². The van der Waals surface area contributed by atoms with Gasteiger partial charge in [-0.25, -0.2) is 9.97 Å². The Hall–Kier alpha value is -3.65. The quantitative estimate of drug-likeness (QED) is 0.0123. The zero-order valence-corrected chi connectivity index (χ0v) is 42.5. The van der Waals surface area contributed by atoms with Gasteiger partial charge in [-0.05, 0) is 59.7 Å². The number of aliphatic imine (C=N–C) groups is 1. The number of hydrogen-bond acceptors (Lipinski definition) is 18. The van der Waals surface area contributed by atoms with Crippen molar-refractivity contribution >= 4 is 113 Å². The number of carbonyl (C=O) groups excluding carboxylic acids is 5. The Morgan fingerprint density at radius 1 is 0.667 bits per heavy atom. The molecule has 2 aromatic heterocycles. The van der Waals surface area contributed by atoms with Crippen LogP contribution >= 0.6 is 79.3 Å². The van der Waals surface area contributed by atoms with Gasteiger partial charge in [0.15, 0.2) is 5.78 Å². The number of aromatic nitrogens is 2. The molecule has 3 atom stereocenters. The van der Waals surface area contributed by atoms with E-state index in [-0.39, 0.29) is 46.6 Å². The predicted molar refractivity (Wildman–Crippen MR) is 273 cm³/mol. The van der Waals surface area contributed by atoms with Gasteiger partial charge in [0, 0.05) is 47.0 Å². The summed E-state index contributed by atoms with van der Waals surface area (Å²) in [6.45, 7) is 12.5. The summed E-state index contributed by atoms with van der Waals surface area (Å²) in [5, 5.41) is 3.97. The van der Waals surface area contributed by atoms with Crippen molar-refractivity contribution in [2.45, 2.75) is 44.7 Å². The lowest BCUT2D eigenvalue weighted by atomic mass is 10.2. The number of thiol groups is 1. The standard InChI is InChI=1S/C12H14O3S2.C10H12N2S2.C10H13NO2S2.C8H8O.C5H10O2S/c1-9(11(13)15-2)8-16-17-12(14)10-6-4-3-5-7-10;1-3-11-9(2)13-8-14-10-6-4-5-7-12-10;1-8(10(12)13-2)7-14-15-9-5-3-4-6-11-9;1-7(9)8-5-3-2-4-6-8;1-4(3-8)5(6)7-2/h3-7,9H,8H2,1-2H3;3-7H,1,8H2,2H3;3-6,8H,7H2,1-2H3;2-6H,1H3;4,8H,3H2,1-2H3. The fraction of sp³-hybridized carbons (Fsp3) is 0.333. The predicted octanol–water partition coefficient (Wildman–Crippen LogP) is 11.7. The summed E-state index contributed by atoms with van der Waals surface area (Å²) in [4.78, 5) is 67.5. The maximum absolute atomic E-state index is 11.7. The average Bonchev–Trinajstić information content (AvgIpc) is 3.32. The van der Waals surface area contributed by atoms with E-state index in [1.165, 1.54) is 32.1 Å². The number of rotatable bonds is 17. The van der Waals surface area contributed by atoms with Crippen molar-refractivity contribution in [3.8, 4) is 0 Å². The second-order valence-corrected chi connectivity index (χ2v) is 19.9. The molecule has 4 rings (SSSR count). The number of nitrogens with zero attached hydrogens (tertiary/aromatic N) is 3. The van der Waals surface area contributed by atoms with Gasteiger partial charge in [0.25, 0.3) is 0 Å². The number of benzene rings is 2. The highest BCUT2D eigenvalue weighted by Crippen LogP contribution is 2.31. The number of hydrogen-bond donors (Lipinski definition) is 1. The highest BCUT2D eigenvalue weighted by atomic mass is 33.1. The summed E-state index contributed by atoms with van der Waals surface area (Å²) in [7, 11) is 9.87. The van der Waals surface area contributed by atoms with Gasteiger partial charge >= 0.3 is 17.9 Å². The van der Waals surface area contributed by atoms with Gasteiger partial charge in [-0.3, -0.25) is 29.0 Å². The lowest BCUT2D eigenvalue weighted by Crippen LogP contribution is -2.14. The van der Waals surface area contributed by atoms with Crippen LogP contribution in [0.3, 0.4) is 0 Å². The molecule has 0 aliphatic rings. The normalized spacial score (nSPS) is 11.5. The van der Waals surface area contributed by atoms with Crippen LogP contribution in [-0.2, 0) is 28.6 Å². The van der Waals surface area contributed by atoms with Gasteiger partial charge in [0.05, 0.1) is 54.2 Å². The molecule has 342 valence electrons. The van der Waals surface area contributed by atoms with Gasteiger partial charge in [-0.15, -0.1) is 0 Å². The van der Waals surface area contributed by atoms with Crippen LogP contribution in [0.5, 0.6) is 0 Å². The topological polar surface area (TPSA) is 151 Å². The lowest BCUT2D eigenvalue weighted by molar-refractivity contribution is -0.144. The number of ether oxygens (including phenoxy) is 3. The van der Waals surface area contributed by atoms with Crippen LogP contribution in [-0.4, -0.2) is 87.5 Å². The molecule has 0 bridgehead atoms.